The fourth-order valence-corrected chi connectivity index (χ4v) is 2.61. The smallest absolute Gasteiger partial charge is 0.275 e. The molecule has 3 rings (SSSR count). The third-order valence-corrected chi connectivity index (χ3v) is 3.77. The molecule has 0 aliphatic carbocycles. The minimum atomic E-state index is -0.498. The molecule has 2 aromatic carbocycles. The Kier molecular flexibility index (Phi) is 4.08. The number of benzene rings is 2. The van der Waals surface area contributed by atoms with Crippen LogP contribution >= 0.6 is 11.6 Å². The second kappa shape index (κ2) is 6.18. The number of nitrogens with one attached hydrogen (secondary N) is 1. The Morgan fingerprint density at radius 1 is 1.00 bits per heavy atom. The standard InChI is InChI=1S/C18H13ClN2O2/c1-11(22)15-16(12-7-9-14(19)10-8-12)17(20-21-18(15)23)13-5-3-2-4-6-13/h2-10H,1H3,(H,21,23). The largest absolute Gasteiger partial charge is 0.294 e. The number of hydrogen-bond donors (Lipinski definition) is 1. The summed E-state index contributed by atoms with van der Waals surface area (Å²) < 4.78 is 0. The molecule has 0 saturated carbocycles. The number of nitrogens with zero attached hydrogens (tertiary/aromatic N) is 1. The van der Waals surface area contributed by atoms with Gasteiger partial charge in [-0.3, -0.25) is 9.59 Å². The number of rotatable bonds is 3. The van der Waals surface area contributed by atoms with E-state index in [0.29, 0.717) is 16.3 Å². The Balaban J connectivity index is 2.37. The van der Waals surface area contributed by atoms with E-state index in [1.165, 1.54) is 6.92 Å². The number of H-pyrrole nitrogens is 1. The van der Waals surface area contributed by atoms with Gasteiger partial charge in [-0.1, -0.05) is 54.1 Å². The fraction of sp³-hybridized carbons (Fsp3) is 0.0556. The predicted octanol–water partition coefficient (Wildman–Crippen LogP) is 3.96. The highest BCUT2D eigenvalue weighted by Crippen LogP contribution is 2.32. The van der Waals surface area contributed by atoms with Crippen molar-refractivity contribution in [1.29, 1.82) is 0 Å². The van der Waals surface area contributed by atoms with Crippen LogP contribution in [0.4, 0.5) is 0 Å². The highest BCUT2D eigenvalue weighted by molar-refractivity contribution is 6.30. The van der Waals surface area contributed by atoms with Crippen LogP contribution in [-0.4, -0.2) is 16.0 Å². The van der Waals surface area contributed by atoms with Crippen LogP contribution in [0.5, 0.6) is 0 Å². The molecule has 0 saturated heterocycles. The van der Waals surface area contributed by atoms with Crippen LogP contribution < -0.4 is 5.56 Å². The molecule has 4 nitrogen and oxygen atoms in total. The SMILES string of the molecule is CC(=O)c1c(-c2ccc(Cl)cc2)c(-c2ccccc2)n[nH]c1=O. The molecule has 5 heteroatoms. The molecule has 3 aromatic rings. The van der Waals surface area contributed by atoms with E-state index in [4.69, 9.17) is 11.6 Å². The van der Waals surface area contributed by atoms with Gasteiger partial charge in [0, 0.05) is 16.1 Å². The minimum Gasteiger partial charge on any atom is -0.294 e. The summed E-state index contributed by atoms with van der Waals surface area (Å²) >= 11 is 5.94. The van der Waals surface area contributed by atoms with Crippen molar-refractivity contribution < 1.29 is 4.79 Å². The van der Waals surface area contributed by atoms with Crippen LogP contribution in [0.2, 0.25) is 5.02 Å². The van der Waals surface area contributed by atoms with Crippen LogP contribution in [0.3, 0.4) is 0 Å². The third kappa shape index (κ3) is 2.94. The maximum Gasteiger partial charge on any atom is 0.275 e. The molecule has 114 valence electrons. The van der Waals surface area contributed by atoms with Crippen LogP contribution in [-0.2, 0) is 0 Å². The highest BCUT2D eigenvalue weighted by atomic mass is 35.5. The lowest BCUT2D eigenvalue weighted by atomic mass is 9.94. The molecule has 0 radical (unpaired) electrons. The molecule has 0 atom stereocenters. The molecule has 23 heavy (non-hydrogen) atoms. The van der Waals surface area contributed by atoms with Gasteiger partial charge in [0.05, 0.1) is 11.3 Å². The van der Waals surface area contributed by atoms with E-state index < -0.39 is 5.56 Å². The molecule has 1 heterocycles. The van der Waals surface area contributed by atoms with Crippen LogP contribution in [0.1, 0.15) is 17.3 Å². The van der Waals surface area contributed by atoms with Crippen molar-refractivity contribution in [3.8, 4) is 22.4 Å². The Bertz CT molecular complexity index is 916. The Labute approximate surface area is 137 Å². The van der Waals surface area contributed by atoms with E-state index in [9.17, 15) is 9.59 Å². The van der Waals surface area contributed by atoms with Crippen molar-refractivity contribution in [2.24, 2.45) is 0 Å². The monoisotopic (exact) mass is 324 g/mol. The second-order valence-electron chi connectivity index (χ2n) is 5.08. The maximum absolute atomic E-state index is 12.1. The first-order valence-corrected chi connectivity index (χ1v) is 7.40. The van der Waals surface area contributed by atoms with E-state index in [1.54, 1.807) is 24.3 Å². The molecular formula is C18H13ClN2O2. The summed E-state index contributed by atoms with van der Waals surface area (Å²) in [7, 11) is 0. The van der Waals surface area contributed by atoms with Crippen molar-refractivity contribution in [1.82, 2.24) is 10.2 Å². The first-order valence-electron chi connectivity index (χ1n) is 7.03. The molecule has 0 unspecified atom stereocenters. The Morgan fingerprint density at radius 3 is 2.26 bits per heavy atom. The zero-order valence-electron chi connectivity index (χ0n) is 12.3. The van der Waals surface area contributed by atoms with Crippen molar-refractivity contribution >= 4 is 17.4 Å². The van der Waals surface area contributed by atoms with Gasteiger partial charge in [-0.15, -0.1) is 0 Å². The van der Waals surface area contributed by atoms with Gasteiger partial charge in [-0.25, -0.2) is 5.10 Å². The normalized spacial score (nSPS) is 10.5. The zero-order chi connectivity index (χ0) is 16.4. The van der Waals surface area contributed by atoms with Gasteiger partial charge in [0.1, 0.15) is 0 Å². The first-order chi connectivity index (χ1) is 11.1. The molecule has 1 N–H and O–H groups in total. The molecular weight excluding hydrogens is 312 g/mol. The highest BCUT2D eigenvalue weighted by Gasteiger charge is 2.20. The van der Waals surface area contributed by atoms with Crippen molar-refractivity contribution in [2.75, 3.05) is 0 Å². The minimum absolute atomic E-state index is 0.0983. The molecule has 0 aliphatic heterocycles. The second-order valence-corrected chi connectivity index (χ2v) is 5.52. The van der Waals surface area contributed by atoms with Crippen LogP contribution in [0, 0.1) is 0 Å². The molecule has 0 amide bonds. The molecule has 0 bridgehead atoms. The third-order valence-electron chi connectivity index (χ3n) is 3.52. The van der Waals surface area contributed by atoms with Gasteiger partial charge < -0.3 is 0 Å². The maximum atomic E-state index is 12.1. The summed E-state index contributed by atoms with van der Waals surface area (Å²) in [5.74, 6) is -0.309. The number of carbonyl (C=O) groups excluding carboxylic acids is 1. The van der Waals surface area contributed by atoms with Gasteiger partial charge in [0.2, 0.25) is 0 Å². The number of aromatic nitrogens is 2. The Hall–Kier alpha value is -2.72. The number of hydrogen-bond acceptors (Lipinski definition) is 3. The lowest BCUT2D eigenvalue weighted by molar-refractivity contribution is 0.101. The number of halogens is 1. The zero-order valence-corrected chi connectivity index (χ0v) is 13.1. The summed E-state index contributed by atoms with van der Waals surface area (Å²) in [4.78, 5) is 24.2. The average Bonchev–Trinajstić information content (AvgIpc) is 2.56. The lowest BCUT2D eigenvalue weighted by Crippen LogP contribution is -2.20. The molecule has 0 spiro atoms. The van der Waals surface area contributed by atoms with E-state index >= 15 is 0 Å². The van der Waals surface area contributed by atoms with Gasteiger partial charge in [0.15, 0.2) is 5.78 Å². The molecule has 0 aliphatic rings. The van der Waals surface area contributed by atoms with Crippen molar-refractivity contribution in [2.45, 2.75) is 6.92 Å². The topological polar surface area (TPSA) is 62.8 Å². The van der Waals surface area contributed by atoms with E-state index in [-0.39, 0.29) is 11.3 Å². The molecule has 0 fully saturated rings. The van der Waals surface area contributed by atoms with E-state index in [0.717, 1.165) is 11.1 Å². The van der Waals surface area contributed by atoms with Gasteiger partial charge in [-0.2, -0.15) is 5.10 Å². The van der Waals surface area contributed by atoms with Gasteiger partial charge in [-0.05, 0) is 24.6 Å². The summed E-state index contributed by atoms with van der Waals surface area (Å²) in [5.41, 5.74) is 2.21. The summed E-state index contributed by atoms with van der Waals surface area (Å²) in [6.07, 6.45) is 0. The number of ketones is 1. The van der Waals surface area contributed by atoms with Crippen LogP contribution in [0.25, 0.3) is 22.4 Å². The number of carbonyl (C=O) groups is 1. The fourth-order valence-electron chi connectivity index (χ4n) is 2.49. The van der Waals surface area contributed by atoms with Gasteiger partial charge in [0.25, 0.3) is 5.56 Å². The Morgan fingerprint density at radius 2 is 1.65 bits per heavy atom. The number of aromatic amines is 1. The quantitative estimate of drug-likeness (QED) is 0.742. The van der Waals surface area contributed by atoms with Gasteiger partial charge >= 0.3 is 0 Å². The van der Waals surface area contributed by atoms with Crippen molar-refractivity contribution in [3.05, 3.63) is 75.5 Å². The predicted molar refractivity (Wildman–Crippen MR) is 90.7 cm³/mol. The first kappa shape index (κ1) is 15.2. The lowest BCUT2D eigenvalue weighted by Gasteiger charge is -2.12. The summed E-state index contributed by atoms with van der Waals surface area (Å²) in [6, 6.07) is 16.4. The summed E-state index contributed by atoms with van der Waals surface area (Å²) in [5, 5.41) is 7.17. The van der Waals surface area contributed by atoms with E-state index in [1.807, 2.05) is 30.3 Å². The van der Waals surface area contributed by atoms with Crippen LogP contribution in [0.15, 0.2) is 59.4 Å². The van der Waals surface area contributed by atoms with Crippen molar-refractivity contribution in [3.63, 3.8) is 0 Å². The number of Topliss-reactive ketones (excluding diaryl/α,β-unsaturated/α-hetero) is 1. The molecule has 1 aromatic heterocycles. The average molecular weight is 325 g/mol. The summed E-state index contributed by atoms with van der Waals surface area (Å²) in [6.45, 7) is 1.37. The van der Waals surface area contributed by atoms with E-state index in [2.05, 4.69) is 10.2 Å².